The Morgan fingerprint density at radius 1 is 0.305 bits per heavy atom. The Balaban J connectivity index is -0.00000000166. The number of carbonyl (C=O) groups excluding carboxylic acids is 2. The van der Waals surface area contributed by atoms with Gasteiger partial charge in [-0.3, -0.25) is 9.59 Å². The van der Waals surface area contributed by atoms with Crippen molar-refractivity contribution in [2.45, 2.75) is 0 Å². The Morgan fingerprint density at radius 2 is 0.390 bits per heavy atom. The number of aromatic amines is 2. The number of rotatable bonds is 2. The number of nitrogens with two attached hydrogens (primary N) is 2. The van der Waals surface area contributed by atoms with Crippen LogP contribution in [0, 0.1) is 0 Å². The summed E-state index contributed by atoms with van der Waals surface area (Å²) in [6, 6.07) is 6.51. The van der Waals surface area contributed by atoms with E-state index in [-0.39, 0.29) is 373 Å². The van der Waals surface area contributed by atoms with E-state index in [4.69, 9.17) is 11.5 Å². The Bertz CT molecular complexity index is 542. The van der Waals surface area contributed by atoms with Crippen molar-refractivity contribution < 1.29 is 393 Å². The van der Waals surface area contributed by atoms with Crippen LogP contribution in [0.2, 0.25) is 0 Å². The average molecular weight is 1560 g/mol. The number of H-pyrrole nitrogens is 2. The molecular weight excluding hydrogens is 1530 g/mol. The summed E-state index contributed by atoms with van der Waals surface area (Å²) in [4.78, 5) is 26.4. The molecule has 2 rings (SSSR count). The molecule has 2 aromatic rings. The number of nitrogens with one attached hydrogen (secondary N) is 2. The third kappa shape index (κ3) is 295. The van der Waals surface area contributed by atoms with Crippen molar-refractivity contribution >= 4 is 11.8 Å². The second kappa shape index (κ2) is 357. The molecule has 20 N–H and O–H groups in total. The van der Waals surface area contributed by atoms with E-state index in [2.05, 4.69) is 9.97 Å². The number of hydrogen-bond donors (Lipinski definition) is 2. The molecule has 2 heterocycles. The molecule has 0 saturated carbocycles. The van der Waals surface area contributed by atoms with Gasteiger partial charge in [-0.15, -0.1) is 0 Å². The molecule has 396 valence electrons. The molecule has 38 nitrogen and oxygen atoms in total. The van der Waals surface area contributed by atoms with Gasteiger partial charge in [0.2, 0.25) is 11.8 Å². The van der Waals surface area contributed by atoms with Crippen molar-refractivity contribution in [1.82, 2.24) is 0 Å². The van der Waals surface area contributed by atoms with E-state index in [0.29, 0.717) is 11.1 Å². The summed E-state index contributed by atoms with van der Waals surface area (Å²) >= 11 is 0. The first kappa shape index (κ1) is 537. The molecule has 59 heavy (non-hydrogen) atoms. The minimum absolute atomic E-state index is 0. The molecule has 0 aliphatic heterocycles. The van der Waals surface area contributed by atoms with E-state index in [0.717, 1.165) is 0 Å². The number of carbonyl (C=O) groups is 2. The molecule has 0 aliphatic rings. The van der Waals surface area contributed by atoms with Crippen LogP contribution in [0.5, 0.6) is 0 Å². The van der Waals surface area contributed by atoms with Gasteiger partial charge in [-0.2, -0.15) is 0 Å². The number of aromatic nitrogens is 2. The molecule has 0 aromatic carbocycles. The molecular formula is C12H28Mo8N4NaO34-47. The first-order valence-electron chi connectivity index (χ1n) is 5.13. The van der Waals surface area contributed by atoms with Crippen LogP contribution >= 0.6 is 0 Å². The van der Waals surface area contributed by atoms with Crippen LogP contribution in [0.15, 0.2) is 49.1 Å². The maximum atomic E-state index is 10.4. The molecule has 2 amide bonds. The fourth-order valence-corrected chi connectivity index (χ4v) is 1.10. The molecule has 47 heteroatoms. The molecule has 2 aromatic heterocycles. The van der Waals surface area contributed by atoms with Gasteiger partial charge in [-0.25, -0.2) is 9.97 Å². The fourth-order valence-electron chi connectivity index (χ4n) is 1.10. The van der Waals surface area contributed by atoms with Crippen molar-refractivity contribution in [3.63, 3.8) is 0 Å². The predicted molar refractivity (Wildman–Crippen MR) is 105 cm³/mol. The summed E-state index contributed by atoms with van der Waals surface area (Å²) in [6.07, 6.45) is 6.61. The van der Waals surface area contributed by atoms with Gasteiger partial charge in [0.05, 0.1) is 11.1 Å². The van der Waals surface area contributed by atoms with Gasteiger partial charge in [-0.05, 0) is 0 Å². The van der Waals surface area contributed by atoms with Crippen LogP contribution in [0.3, 0.4) is 0 Å². The number of pyridine rings is 2. The summed E-state index contributed by atoms with van der Waals surface area (Å²) < 4.78 is 0. The zero-order chi connectivity index (χ0) is 13.4. The van der Waals surface area contributed by atoms with Crippen LogP contribution in [-0.2, 0) is 322 Å². The van der Waals surface area contributed by atoms with E-state index < -0.39 is 11.8 Å². The molecule has 0 unspecified atom stereocenters. The maximum Gasteiger partial charge on any atom is 1.00 e. The zero-order valence-electron chi connectivity index (χ0n) is 27.6. The second-order valence-electron chi connectivity index (χ2n) is 3.31. The number of primary amides is 2. The van der Waals surface area contributed by atoms with Gasteiger partial charge in [-0.1, -0.05) is 0 Å². The van der Waals surface area contributed by atoms with Crippen molar-refractivity contribution in [3.05, 3.63) is 60.2 Å². The molecule has 0 fully saturated rings. The Morgan fingerprint density at radius 3 is 0.441 bits per heavy atom. The van der Waals surface area contributed by atoms with Gasteiger partial charge < -0.3 is 187 Å². The van der Waals surface area contributed by atoms with Crippen LogP contribution < -0.4 is 51.0 Å². The topological polar surface area (TPSA) is 1050 Å². The monoisotopic (exact) mass is 1580 g/mol. The fraction of sp³-hybridized carbons (Fsp3) is 0. The third-order valence-electron chi connectivity index (χ3n) is 2.01. The van der Waals surface area contributed by atoms with E-state index in [1.807, 2.05) is 0 Å². The van der Waals surface area contributed by atoms with E-state index >= 15 is 0 Å². The average Bonchev–Trinajstić information content (AvgIpc) is 2.41. The van der Waals surface area contributed by atoms with Crippen molar-refractivity contribution in [2.75, 3.05) is 0 Å². The zero-order valence-corrected chi connectivity index (χ0v) is 45.7. The van der Waals surface area contributed by atoms with Gasteiger partial charge in [0.25, 0.3) is 0 Å². The first-order chi connectivity index (χ1) is 8.61. The minimum Gasteiger partial charge on any atom is -2.00 e. The smallest absolute Gasteiger partial charge is 1.00 e. The number of amides is 2. The summed E-state index contributed by atoms with van der Waals surface area (Å²) in [6.45, 7) is 0. The minimum atomic E-state index is -0.399. The van der Waals surface area contributed by atoms with Crippen LogP contribution in [0.25, 0.3) is 0 Å². The molecule has 0 atom stereocenters. The van der Waals surface area contributed by atoms with Gasteiger partial charge in [0.15, 0.2) is 24.8 Å². The molecule has 0 bridgehead atoms. The van der Waals surface area contributed by atoms with Gasteiger partial charge in [0, 0.05) is 193 Å². The van der Waals surface area contributed by atoms with Crippen molar-refractivity contribution in [1.29, 1.82) is 0 Å². The molecule has 0 aliphatic carbocycles. The van der Waals surface area contributed by atoms with Crippen molar-refractivity contribution in [2.24, 2.45) is 11.5 Å². The van der Waals surface area contributed by atoms with E-state index in [1.54, 1.807) is 49.1 Å². The quantitative estimate of drug-likeness (QED) is 0.219. The SMILES string of the molecule is NC(=O)c1cc[nH+]cc1.NC(=O)c1cc[nH+]cc1.O.O.O.O.[Mo].[Mo].[Mo].[Mo].[Mo].[Mo].[Mo].[Mo].[Na+].[O-2].[O-2].[O-2].[O-2].[O-2].[O-2].[O-2].[O-2].[O-2].[O-2].[O-2].[O-2].[O-2].[O-2].[O-2].[O-2].[O-2].[O-2].[O-2].[O-2].[O-2].[O-2].[O-2].[O-2].[O-2].[O-2].[OH3+].[OH3+]. The normalized spacial score (nSPS) is 2.71. The summed E-state index contributed by atoms with van der Waals surface area (Å²) in [5.74, 6) is -0.798. The van der Waals surface area contributed by atoms with E-state index in [9.17, 15) is 9.59 Å². The molecule has 0 spiro atoms. The summed E-state index contributed by atoms with van der Waals surface area (Å²) in [5, 5.41) is 0. The van der Waals surface area contributed by atoms with E-state index in [1.165, 1.54) is 0 Å². The summed E-state index contributed by atoms with van der Waals surface area (Å²) in [5.41, 5.74) is 11.0. The van der Waals surface area contributed by atoms with Gasteiger partial charge >= 0.3 is 29.6 Å². The van der Waals surface area contributed by atoms with Crippen LogP contribution in [0.1, 0.15) is 20.7 Å². The molecule has 0 radical (unpaired) electrons. The second-order valence-corrected chi connectivity index (χ2v) is 3.31. The Labute approximate surface area is 471 Å². The van der Waals surface area contributed by atoms with Crippen LogP contribution in [0.4, 0.5) is 0 Å². The van der Waals surface area contributed by atoms with Crippen LogP contribution in [-0.4, -0.2) is 33.7 Å². The largest absolute Gasteiger partial charge is 2.00 e. The Kier molecular flexibility index (Phi) is 3250. The summed E-state index contributed by atoms with van der Waals surface area (Å²) in [7, 11) is 0. The standard InChI is InChI=1S/2C6H6N2O.8Mo.Na.6H2O.26O/c2*7-6(9)5-1-3-8-4-2-5;;;;;;;;;;;;;;;;;;;;;;;;;;;;;;;;;;;;;;;;;/h2*1-4H,(H2,7,9);;;;;;;;;;6*1H2;;;;;;;;;;;;;;;;;;;;;;;;;;/q;;;;;;;;;;+1;;;;;;;26*-2/p+4. The first-order valence-corrected chi connectivity index (χ1v) is 5.13. The van der Waals surface area contributed by atoms with Gasteiger partial charge in [0.1, 0.15) is 0 Å². The van der Waals surface area contributed by atoms with Crippen molar-refractivity contribution in [3.8, 4) is 0 Å². The third-order valence-corrected chi connectivity index (χ3v) is 2.01. The molecule has 0 saturated heterocycles. The number of hydrogen-bond acceptors (Lipinski definition) is 2. The Hall–Kier alpha value is 2.47. The maximum absolute atomic E-state index is 10.4. The predicted octanol–water partition coefficient (Wildman–Crippen LogP) is -12.0.